The van der Waals surface area contributed by atoms with Gasteiger partial charge >= 0.3 is 0 Å². The predicted molar refractivity (Wildman–Crippen MR) is 147 cm³/mol. The molecule has 1 aliphatic heterocycles. The first-order valence-corrected chi connectivity index (χ1v) is 15.8. The maximum Gasteiger partial charge on any atom is 0.177 e. The molecular weight excluding hydrogens is 444 g/mol. The number of rotatable bonds is 7. The summed E-state index contributed by atoms with van der Waals surface area (Å²) in [7, 11) is 0. The Morgan fingerprint density at radius 2 is 1.67 bits per heavy atom. The fraction of sp³-hybridized carbons (Fsp3) is 0.939. The summed E-state index contributed by atoms with van der Waals surface area (Å²) in [5.74, 6) is 6.34. The van der Waals surface area contributed by atoms with Gasteiger partial charge in [-0.3, -0.25) is 0 Å². The van der Waals surface area contributed by atoms with Gasteiger partial charge in [-0.15, -0.1) is 0 Å². The zero-order chi connectivity index (χ0) is 25.7. The van der Waals surface area contributed by atoms with Crippen LogP contribution in [0.4, 0.5) is 0 Å². The quantitative estimate of drug-likeness (QED) is 0.358. The second kappa shape index (κ2) is 10.6. The van der Waals surface area contributed by atoms with Crippen LogP contribution in [0.2, 0.25) is 0 Å². The first-order chi connectivity index (χ1) is 17.1. The summed E-state index contributed by atoms with van der Waals surface area (Å²) in [6, 6.07) is 0. The van der Waals surface area contributed by atoms with Gasteiger partial charge in [-0.1, -0.05) is 60.0 Å². The minimum atomic E-state index is -0.509. The van der Waals surface area contributed by atoms with E-state index in [1.54, 1.807) is 0 Å². The number of fused-ring (bicyclic) bond motifs is 5. The van der Waals surface area contributed by atoms with Crippen LogP contribution >= 0.6 is 0 Å². The van der Waals surface area contributed by atoms with Crippen LogP contribution in [0.15, 0.2) is 12.2 Å². The van der Waals surface area contributed by atoms with Crippen molar-refractivity contribution in [2.24, 2.45) is 52.3 Å². The first kappa shape index (κ1) is 27.2. The number of hydrogen-bond acceptors (Lipinski definition) is 3. The highest BCUT2D eigenvalue weighted by molar-refractivity contribution is 5.10. The normalized spacial score (nSPS) is 49.4. The van der Waals surface area contributed by atoms with Crippen LogP contribution in [0.1, 0.15) is 119 Å². The Kier molecular flexibility index (Phi) is 8.04. The van der Waals surface area contributed by atoms with E-state index in [-0.39, 0.29) is 12.4 Å². The van der Waals surface area contributed by atoms with Crippen LogP contribution in [0.25, 0.3) is 0 Å². The van der Waals surface area contributed by atoms with Gasteiger partial charge in [0.1, 0.15) is 0 Å². The van der Waals surface area contributed by atoms with E-state index in [1.165, 1.54) is 70.6 Å². The summed E-state index contributed by atoms with van der Waals surface area (Å²) in [6.45, 7) is 14.7. The molecule has 5 rings (SSSR count). The Hall–Kier alpha value is -0.380. The van der Waals surface area contributed by atoms with Crippen molar-refractivity contribution < 1.29 is 14.6 Å². The topological polar surface area (TPSA) is 38.7 Å². The minimum absolute atomic E-state index is 0.186. The molecule has 0 unspecified atom stereocenters. The zero-order valence-corrected chi connectivity index (χ0v) is 24.3. The molecule has 3 nitrogen and oxygen atoms in total. The number of aliphatic hydroxyl groups excluding tert-OH is 1. The first-order valence-electron chi connectivity index (χ1n) is 15.8. The monoisotopic (exact) mass is 500 g/mol. The van der Waals surface area contributed by atoms with Crippen molar-refractivity contribution in [1.82, 2.24) is 0 Å². The molecule has 0 radical (unpaired) electrons. The van der Waals surface area contributed by atoms with Gasteiger partial charge in [-0.25, -0.2) is 0 Å². The number of hydrogen-bond donors (Lipinski definition) is 1. The van der Waals surface area contributed by atoms with Crippen LogP contribution in [0.3, 0.4) is 0 Å². The molecule has 4 aliphatic carbocycles. The van der Waals surface area contributed by atoms with Crippen molar-refractivity contribution in [3.63, 3.8) is 0 Å². The second-order valence-corrected chi connectivity index (χ2v) is 14.8. The molecule has 0 saturated heterocycles. The van der Waals surface area contributed by atoms with E-state index in [9.17, 15) is 5.11 Å². The average molecular weight is 501 g/mol. The Morgan fingerprint density at radius 3 is 2.42 bits per heavy atom. The molecule has 4 saturated carbocycles. The largest absolute Gasteiger partial charge is 0.386 e. The number of aliphatic hydroxyl groups is 1. The molecule has 1 heterocycles. The molecule has 5 aliphatic rings. The van der Waals surface area contributed by atoms with Gasteiger partial charge in [0.05, 0.1) is 18.3 Å². The maximum atomic E-state index is 9.92. The van der Waals surface area contributed by atoms with E-state index in [2.05, 4.69) is 34.6 Å². The molecule has 36 heavy (non-hydrogen) atoms. The summed E-state index contributed by atoms with van der Waals surface area (Å²) in [5.41, 5.74) is 1.09. The van der Waals surface area contributed by atoms with Crippen LogP contribution in [-0.2, 0) is 9.47 Å². The van der Waals surface area contributed by atoms with Crippen molar-refractivity contribution >= 4 is 0 Å². The van der Waals surface area contributed by atoms with Crippen molar-refractivity contribution in [2.45, 2.75) is 143 Å². The van der Waals surface area contributed by atoms with Crippen LogP contribution in [0, 0.1) is 52.3 Å². The van der Waals surface area contributed by atoms with Gasteiger partial charge in [0.15, 0.2) is 6.29 Å². The summed E-state index contributed by atoms with van der Waals surface area (Å²) in [6.07, 6.45) is 19.8. The third kappa shape index (κ3) is 5.00. The standard InChI is InChI=1S/C33H56O3/c1-21(2)8-7-9-22(3)27-12-13-28-26-11-10-24-20-25(36-31-15-14-30(34)23(4)35-31)16-18-32(24,5)29(26)17-19-33(27,28)6/h14-15,21-31,34H,7-13,16-20H2,1-6H3/t22-,23-,24+,25+,26+,27-,28+,29+,30-,31+,32+,33-/m1/s1. The SMILES string of the molecule is CC(C)CCC[C@@H](C)[C@H]1CC[C@H]2[C@@H]3CC[C@H]4C[C@@H](O[C@H]5C=C[C@@H](O)[C@@H](C)O5)CC[C@]4(C)[C@H]3CC[C@]12C. The van der Waals surface area contributed by atoms with Gasteiger partial charge in [0, 0.05) is 0 Å². The summed E-state index contributed by atoms with van der Waals surface area (Å²) < 4.78 is 12.3. The van der Waals surface area contributed by atoms with E-state index in [4.69, 9.17) is 9.47 Å². The van der Waals surface area contributed by atoms with Crippen LogP contribution < -0.4 is 0 Å². The molecule has 1 N–H and O–H groups in total. The smallest absolute Gasteiger partial charge is 0.177 e. The Morgan fingerprint density at radius 1 is 0.917 bits per heavy atom. The third-order valence-corrected chi connectivity index (χ3v) is 12.4. The molecule has 0 aromatic rings. The molecule has 3 heteroatoms. The highest BCUT2D eigenvalue weighted by Crippen LogP contribution is 2.68. The molecule has 0 amide bonds. The fourth-order valence-corrected chi connectivity index (χ4v) is 10.3. The van der Waals surface area contributed by atoms with Crippen LogP contribution in [0.5, 0.6) is 0 Å². The van der Waals surface area contributed by atoms with Gasteiger partial charge in [-0.05, 0) is 123 Å². The molecule has 0 aromatic carbocycles. The molecular formula is C33H56O3. The number of ether oxygens (including phenoxy) is 2. The third-order valence-electron chi connectivity index (χ3n) is 12.4. The van der Waals surface area contributed by atoms with Crippen molar-refractivity contribution in [3.05, 3.63) is 12.2 Å². The van der Waals surface area contributed by atoms with Crippen LogP contribution in [-0.4, -0.2) is 29.7 Å². The van der Waals surface area contributed by atoms with Crippen molar-refractivity contribution in [3.8, 4) is 0 Å². The van der Waals surface area contributed by atoms with Gasteiger partial charge < -0.3 is 14.6 Å². The molecule has 0 spiro atoms. The Bertz CT molecular complexity index is 777. The molecule has 12 atom stereocenters. The lowest BCUT2D eigenvalue weighted by Gasteiger charge is -2.61. The second-order valence-electron chi connectivity index (χ2n) is 14.8. The van der Waals surface area contributed by atoms with E-state index in [0.717, 1.165) is 47.8 Å². The van der Waals surface area contributed by atoms with Crippen molar-refractivity contribution in [1.29, 1.82) is 0 Å². The van der Waals surface area contributed by atoms with Gasteiger partial charge in [-0.2, -0.15) is 0 Å². The summed E-state index contributed by atoms with van der Waals surface area (Å²) in [4.78, 5) is 0. The van der Waals surface area contributed by atoms with E-state index in [1.807, 2.05) is 19.1 Å². The predicted octanol–water partition coefficient (Wildman–Crippen LogP) is 8.15. The van der Waals surface area contributed by atoms with E-state index in [0.29, 0.717) is 16.9 Å². The fourth-order valence-electron chi connectivity index (χ4n) is 10.3. The zero-order valence-electron chi connectivity index (χ0n) is 24.3. The molecule has 206 valence electrons. The summed E-state index contributed by atoms with van der Waals surface area (Å²) >= 11 is 0. The lowest BCUT2D eigenvalue weighted by atomic mass is 9.44. The highest BCUT2D eigenvalue weighted by atomic mass is 16.7. The van der Waals surface area contributed by atoms with Gasteiger partial charge in [0.2, 0.25) is 0 Å². The minimum Gasteiger partial charge on any atom is -0.386 e. The molecule has 0 aromatic heterocycles. The maximum absolute atomic E-state index is 9.92. The van der Waals surface area contributed by atoms with Gasteiger partial charge in [0.25, 0.3) is 0 Å². The van der Waals surface area contributed by atoms with E-state index >= 15 is 0 Å². The molecule has 0 bridgehead atoms. The van der Waals surface area contributed by atoms with Crippen molar-refractivity contribution in [2.75, 3.05) is 0 Å². The average Bonchev–Trinajstić information content (AvgIpc) is 3.19. The summed E-state index contributed by atoms with van der Waals surface area (Å²) in [5, 5.41) is 9.92. The Labute approximate surface area is 222 Å². The van der Waals surface area contributed by atoms with E-state index < -0.39 is 6.10 Å². The Balaban J connectivity index is 1.21. The lowest BCUT2D eigenvalue weighted by molar-refractivity contribution is -0.208. The highest BCUT2D eigenvalue weighted by Gasteiger charge is 2.60. The lowest BCUT2D eigenvalue weighted by Crippen LogP contribution is -2.54. The molecule has 4 fully saturated rings.